The summed E-state index contributed by atoms with van der Waals surface area (Å²) in [5, 5.41) is 11.2. The van der Waals surface area contributed by atoms with E-state index in [9.17, 15) is 39.9 Å². The number of hydrogen-bond donors (Lipinski definition) is 1. The Bertz CT molecular complexity index is 1210. The van der Waals surface area contributed by atoms with E-state index in [1.807, 2.05) is 0 Å². The van der Waals surface area contributed by atoms with Gasteiger partial charge in [-0.3, -0.25) is 4.31 Å². The van der Waals surface area contributed by atoms with Gasteiger partial charge in [-0.05, 0) is 29.6 Å². The van der Waals surface area contributed by atoms with Crippen LogP contribution in [0.2, 0.25) is 8.67 Å². The number of rotatable bonds is 6. The van der Waals surface area contributed by atoms with E-state index in [2.05, 4.69) is 0 Å². The van der Waals surface area contributed by atoms with Gasteiger partial charge in [0.05, 0.1) is 16.6 Å². The Morgan fingerprint density at radius 1 is 0.970 bits per heavy atom. The third-order valence-corrected chi connectivity index (χ3v) is 8.85. The summed E-state index contributed by atoms with van der Waals surface area (Å²) in [6.07, 6.45) is -12.1. The minimum atomic E-state index is -6.07. The number of thiophene rings is 2. The summed E-state index contributed by atoms with van der Waals surface area (Å²) in [5.41, 5.74) is -6.91. The average molecular weight is 570 g/mol. The second-order valence-electron chi connectivity index (χ2n) is 6.53. The van der Waals surface area contributed by atoms with Crippen LogP contribution in [0.25, 0.3) is 0 Å². The Kier molecular flexibility index (Phi) is 7.06. The minimum absolute atomic E-state index is 0.0606. The lowest BCUT2D eigenvalue weighted by molar-refractivity contribution is -0.376. The number of nitrogens with zero attached hydrogens (tertiary/aromatic N) is 1. The van der Waals surface area contributed by atoms with Gasteiger partial charge in [0.2, 0.25) is 0 Å². The zero-order valence-electron chi connectivity index (χ0n) is 15.8. The van der Waals surface area contributed by atoms with Gasteiger partial charge in [-0.25, -0.2) is 8.42 Å². The highest BCUT2D eigenvalue weighted by Gasteiger charge is 2.71. The predicted octanol–water partition coefficient (Wildman–Crippen LogP) is 6.82. The maximum absolute atomic E-state index is 13.3. The molecule has 0 radical (unpaired) electrons. The van der Waals surface area contributed by atoms with Gasteiger partial charge in [-0.1, -0.05) is 41.4 Å². The van der Waals surface area contributed by atoms with E-state index >= 15 is 0 Å². The molecule has 3 aromatic rings. The fraction of sp³-hybridized carbons (Fsp3) is 0.222. The first kappa shape index (κ1) is 26.1. The van der Waals surface area contributed by atoms with Crippen LogP contribution in [0.4, 0.5) is 32.0 Å². The molecule has 0 aliphatic carbocycles. The second-order valence-corrected chi connectivity index (χ2v) is 11.7. The SMILES string of the molecule is O=S(=O)(c1cc(Cl)sc1Cl)N(Cc1cccs1)c1ccc(C(O)(C(F)(F)F)C(F)(F)F)cc1. The van der Waals surface area contributed by atoms with Crippen molar-refractivity contribution in [3.05, 3.63) is 67.0 Å². The second kappa shape index (κ2) is 8.93. The molecular formula is C18H11Cl2F6NO3S3. The van der Waals surface area contributed by atoms with Crippen LogP contribution in [-0.4, -0.2) is 25.9 Å². The first-order chi connectivity index (χ1) is 15.1. The zero-order valence-corrected chi connectivity index (χ0v) is 19.7. The number of hydrogen-bond acceptors (Lipinski definition) is 5. The monoisotopic (exact) mass is 569 g/mol. The van der Waals surface area contributed by atoms with Crippen molar-refractivity contribution in [1.29, 1.82) is 0 Å². The number of anilines is 1. The lowest BCUT2D eigenvalue weighted by Crippen LogP contribution is -2.53. The van der Waals surface area contributed by atoms with Crippen LogP contribution >= 0.6 is 45.9 Å². The van der Waals surface area contributed by atoms with E-state index in [0.29, 0.717) is 17.0 Å². The highest BCUT2D eigenvalue weighted by Crippen LogP contribution is 2.50. The van der Waals surface area contributed by atoms with Gasteiger partial charge in [0.15, 0.2) is 0 Å². The average Bonchev–Trinajstić information content (AvgIpc) is 3.33. The maximum atomic E-state index is 13.3. The van der Waals surface area contributed by atoms with Gasteiger partial charge in [0.25, 0.3) is 15.6 Å². The number of alkyl halides is 6. The van der Waals surface area contributed by atoms with Crippen molar-refractivity contribution < 1.29 is 39.9 Å². The number of aliphatic hydroxyl groups is 1. The molecule has 15 heteroatoms. The molecule has 0 aliphatic rings. The molecule has 33 heavy (non-hydrogen) atoms. The quantitative estimate of drug-likeness (QED) is 0.331. The third-order valence-electron chi connectivity index (χ3n) is 4.47. The molecule has 0 unspecified atom stereocenters. The molecule has 2 heterocycles. The lowest BCUT2D eigenvalue weighted by Gasteiger charge is -2.33. The van der Waals surface area contributed by atoms with Crippen molar-refractivity contribution in [1.82, 2.24) is 0 Å². The molecular weight excluding hydrogens is 559 g/mol. The molecule has 0 saturated heterocycles. The predicted molar refractivity (Wildman–Crippen MR) is 114 cm³/mol. The van der Waals surface area contributed by atoms with Crippen molar-refractivity contribution in [3.63, 3.8) is 0 Å². The van der Waals surface area contributed by atoms with Crippen molar-refractivity contribution >= 4 is 61.6 Å². The van der Waals surface area contributed by atoms with E-state index in [1.54, 1.807) is 17.5 Å². The fourth-order valence-electron chi connectivity index (χ4n) is 2.84. The van der Waals surface area contributed by atoms with Gasteiger partial charge >= 0.3 is 12.4 Å². The highest BCUT2D eigenvalue weighted by molar-refractivity contribution is 7.93. The Balaban J connectivity index is 2.12. The van der Waals surface area contributed by atoms with E-state index in [-0.39, 0.29) is 25.8 Å². The standard InChI is InChI=1S/C18H11Cl2F6NO3S3/c19-14-8-13(15(20)32-14)33(29,30)27(9-12-2-1-7-31-12)11-5-3-10(4-6-11)16(28,17(21,22)23)18(24,25)26/h1-8,28H,9H2. The van der Waals surface area contributed by atoms with E-state index in [4.69, 9.17) is 23.2 Å². The van der Waals surface area contributed by atoms with Crippen LogP contribution in [-0.2, 0) is 22.2 Å². The third kappa shape index (κ3) is 4.84. The van der Waals surface area contributed by atoms with Crippen molar-refractivity contribution in [2.45, 2.75) is 29.4 Å². The number of halogens is 8. The molecule has 180 valence electrons. The highest BCUT2D eigenvalue weighted by atomic mass is 35.5. The minimum Gasteiger partial charge on any atom is -0.369 e. The summed E-state index contributed by atoms with van der Waals surface area (Å²) in [7, 11) is -4.42. The molecule has 1 aromatic carbocycles. The molecule has 0 aliphatic heterocycles. The molecule has 0 saturated carbocycles. The summed E-state index contributed by atoms with van der Waals surface area (Å²) in [5.74, 6) is 0. The molecule has 1 N–H and O–H groups in total. The molecule has 0 fully saturated rings. The number of sulfonamides is 1. The molecule has 4 nitrogen and oxygen atoms in total. The summed E-state index contributed by atoms with van der Waals surface area (Å²) in [4.78, 5) is 0.157. The topological polar surface area (TPSA) is 57.6 Å². The molecule has 0 bridgehead atoms. The van der Waals surface area contributed by atoms with Gasteiger partial charge in [-0.15, -0.1) is 22.7 Å². The van der Waals surface area contributed by atoms with Crippen LogP contribution in [0.3, 0.4) is 0 Å². The maximum Gasteiger partial charge on any atom is 0.430 e. The van der Waals surface area contributed by atoms with Crippen molar-refractivity contribution in [2.75, 3.05) is 4.31 Å². The summed E-state index contributed by atoms with van der Waals surface area (Å²) >= 11 is 13.8. The normalized spacial score (nSPS) is 13.4. The fourth-order valence-corrected chi connectivity index (χ4v) is 7.17. The summed E-state index contributed by atoms with van der Waals surface area (Å²) < 4.78 is 106. The van der Waals surface area contributed by atoms with Gasteiger partial charge in [-0.2, -0.15) is 26.3 Å². The van der Waals surface area contributed by atoms with E-state index in [1.165, 1.54) is 11.3 Å². The van der Waals surface area contributed by atoms with Crippen molar-refractivity contribution in [2.24, 2.45) is 0 Å². The zero-order chi connectivity index (χ0) is 24.8. The van der Waals surface area contributed by atoms with Crippen LogP contribution < -0.4 is 4.31 Å². The molecule has 0 amide bonds. The van der Waals surface area contributed by atoms with Crippen LogP contribution in [0.1, 0.15) is 10.4 Å². The van der Waals surface area contributed by atoms with Crippen LogP contribution in [0, 0.1) is 0 Å². The summed E-state index contributed by atoms with van der Waals surface area (Å²) in [6.45, 7) is -0.286. The van der Waals surface area contributed by atoms with E-state index < -0.39 is 33.5 Å². The lowest BCUT2D eigenvalue weighted by atomic mass is 9.92. The van der Waals surface area contributed by atoms with Gasteiger partial charge in [0, 0.05) is 10.4 Å². The van der Waals surface area contributed by atoms with Gasteiger partial charge in [0.1, 0.15) is 9.23 Å². The summed E-state index contributed by atoms with van der Waals surface area (Å²) in [6, 6.07) is 6.54. The Morgan fingerprint density at radius 3 is 1.97 bits per heavy atom. The molecule has 0 spiro atoms. The van der Waals surface area contributed by atoms with E-state index in [0.717, 1.165) is 33.8 Å². The van der Waals surface area contributed by atoms with Crippen molar-refractivity contribution in [3.8, 4) is 0 Å². The Labute approximate surface area is 201 Å². The van der Waals surface area contributed by atoms with Crippen LogP contribution in [0.15, 0.2) is 52.7 Å². The molecule has 0 atom stereocenters. The van der Waals surface area contributed by atoms with Gasteiger partial charge < -0.3 is 5.11 Å². The molecule has 3 rings (SSSR count). The first-order valence-corrected chi connectivity index (χ1v) is 12.4. The Morgan fingerprint density at radius 2 is 1.55 bits per heavy atom. The smallest absolute Gasteiger partial charge is 0.369 e. The first-order valence-electron chi connectivity index (χ1n) is 8.55. The van der Waals surface area contributed by atoms with Crippen LogP contribution in [0.5, 0.6) is 0 Å². The molecule has 2 aromatic heterocycles. The largest absolute Gasteiger partial charge is 0.430 e. The Hall–Kier alpha value is -1.51. The number of benzene rings is 1.